The van der Waals surface area contributed by atoms with Crippen molar-refractivity contribution in [1.82, 2.24) is 20.9 Å². The molecule has 0 saturated heterocycles. The quantitative estimate of drug-likeness (QED) is 0.0414. The third-order valence-corrected chi connectivity index (χ3v) is 6.51. The number of carboxylic acid groups (broad SMARTS) is 1. The summed E-state index contributed by atoms with van der Waals surface area (Å²) in [7, 11) is 0. The summed E-state index contributed by atoms with van der Waals surface area (Å²) in [4.78, 5) is 69.1. The zero-order valence-electron chi connectivity index (χ0n) is 22.3. The number of thiol groups is 1. The standard InChI is InChI=1S/C25H37N9O6S/c26-15(5-3-9-30-25(28)29)21(36)33-18(10-13-11-31-16-6-2-1-4-14(13)16)23(38)32-17(7-8-20(27)35)22(37)34-19(12-41)24(39)40/h1-2,4,6,11,15,17-19,31,41H,3,5,7-10,12,26H2,(H2,27,35)(H,32,38)(H,33,36)(H,34,37)(H,39,40)(H4,28,29,30). The molecule has 0 saturated carbocycles. The molecular weight excluding hydrogens is 554 g/mol. The van der Waals surface area contributed by atoms with E-state index in [1.54, 1.807) is 6.20 Å². The summed E-state index contributed by atoms with van der Waals surface area (Å²) in [5.74, 6) is -4.57. The fourth-order valence-electron chi connectivity index (χ4n) is 3.94. The van der Waals surface area contributed by atoms with Crippen LogP contribution in [0, 0.1) is 0 Å². The molecule has 0 bridgehead atoms. The number of hydrogen-bond donors (Lipinski definition) is 10. The lowest BCUT2D eigenvalue weighted by molar-refractivity contribution is -0.141. The van der Waals surface area contributed by atoms with Gasteiger partial charge in [-0.1, -0.05) is 18.2 Å². The summed E-state index contributed by atoms with van der Waals surface area (Å²) in [6.45, 7) is 0.267. The molecule has 224 valence electrons. The Bertz CT molecular complexity index is 1260. The maximum Gasteiger partial charge on any atom is 0.327 e. The molecule has 16 heteroatoms. The average molecular weight is 592 g/mol. The van der Waals surface area contributed by atoms with Crippen LogP contribution in [0.4, 0.5) is 0 Å². The number of H-pyrrole nitrogens is 1. The first kappa shape index (κ1) is 32.9. The number of para-hydroxylation sites is 1. The summed E-state index contributed by atoms with van der Waals surface area (Å²) in [5, 5.41) is 17.5. The summed E-state index contributed by atoms with van der Waals surface area (Å²) in [6.07, 6.45) is 1.90. The second-order valence-corrected chi connectivity index (χ2v) is 9.69. The van der Waals surface area contributed by atoms with E-state index in [-0.39, 0.29) is 43.9 Å². The predicted molar refractivity (Wildman–Crippen MR) is 156 cm³/mol. The number of carbonyl (C=O) groups excluding carboxylic acids is 4. The molecule has 0 fully saturated rings. The predicted octanol–water partition coefficient (Wildman–Crippen LogP) is -2.17. The van der Waals surface area contributed by atoms with Crippen molar-refractivity contribution in [3.8, 4) is 0 Å². The molecule has 2 aromatic rings. The number of aliphatic imine (C=N–C) groups is 1. The second kappa shape index (κ2) is 16.1. The number of aromatic amines is 1. The molecule has 0 aliphatic carbocycles. The van der Waals surface area contributed by atoms with Crippen LogP contribution < -0.4 is 38.9 Å². The topological polar surface area (TPSA) is 274 Å². The number of rotatable bonds is 17. The number of primary amides is 1. The Balaban J connectivity index is 2.27. The number of aliphatic carboxylic acids is 1. The van der Waals surface area contributed by atoms with E-state index in [1.807, 2.05) is 24.3 Å². The minimum Gasteiger partial charge on any atom is -0.480 e. The fraction of sp³-hybridized carbons (Fsp3) is 0.440. The molecule has 1 aromatic heterocycles. The molecule has 15 nitrogen and oxygen atoms in total. The van der Waals surface area contributed by atoms with Crippen LogP contribution in [0.5, 0.6) is 0 Å². The SMILES string of the molecule is NC(=O)CCC(NC(=O)C(Cc1c[nH]c2ccccc12)NC(=O)C(N)CCCN=C(N)N)C(=O)NC(CS)C(=O)O. The van der Waals surface area contributed by atoms with Gasteiger partial charge in [0.05, 0.1) is 6.04 Å². The summed E-state index contributed by atoms with van der Waals surface area (Å²) in [6, 6.07) is 2.53. The highest BCUT2D eigenvalue weighted by atomic mass is 32.1. The van der Waals surface area contributed by atoms with E-state index in [0.717, 1.165) is 10.9 Å². The van der Waals surface area contributed by atoms with Gasteiger partial charge in [-0.15, -0.1) is 0 Å². The van der Waals surface area contributed by atoms with Crippen molar-refractivity contribution in [2.24, 2.45) is 27.9 Å². The first-order chi connectivity index (χ1) is 19.4. The molecule has 1 aromatic carbocycles. The van der Waals surface area contributed by atoms with Crippen molar-refractivity contribution in [1.29, 1.82) is 0 Å². The fourth-order valence-corrected chi connectivity index (χ4v) is 4.19. The van der Waals surface area contributed by atoms with E-state index in [0.29, 0.717) is 12.0 Å². The monoisotopic (exact) mass is 591 g/mol. The third-order valence-electron chi connectivity index (χ3n) is 6.15. The van der Waals surface area contributed by atoms with Crippen LogP contribution in [-0.2, 0) is 30.4 Å². The minimum atomic E-state index is -1.34. The Kier molecular flexibility index (Phi) is 12.9. The van der Waals surface area contributed by atoms with Crippen LogP contribution in [-0.4, -0.2) is 82.1 Å². The number of amides is 4. The van der Waals surface area contributed by atoms with E-state index in [9.17, 15) is 29.1 Å². The number of nitrogens with zero attached hydrogens (tertiary/aromatic N) is 1. The van der Waals surface area contributed by atoms with Crippen molar-refractivity contribution >= 4 is 59.1 Å². The molecule has 1 heterocycles. The number of benzene rings is 1. The highest BCUT2D eigenvalue weighted by Gasteiger charge is 2.30. The van der Waals surface area contributed by atoms with E-state index in [1.165, 1.54) is 0 Å². The van der Waals surface area contributed by atoms with Crippen LogP contribution in [0.25, 0.3) is 10.9 Å². The van der Waals surface area contributed by atoms with E-state index < -0.39 is 53.8 Å². The van der Waals surface area contributed by atoms with Crippen LogP contribution in [0.3, 0.4) is 0 Å². The lowest BCUT2D eigenvalue weighted by Gasteiger charge is -2.25. The van der Waals surface area contributed by atoms with Crippen LogP contribution in [0.15, 0.2) is 35.5 Å². The number of hydrogen-bond acceptors (Lipinski definition) is 8. The summed E-state index contributed by atoms with van der Waals surface area (Å²) < 4.78 is 0. The molecule has 4 atom stereocenters. The van der Waals surface area contributed by atoms with Gasteiger partial charge in [0.25, 0.3) is 0 Å². The van der Waals surface area contributed by atoms with Crippen LogP contribution in [0.2, 0.25) is 0 Å². The van der Waals surface area contributed by atoms with Gasteiger partial charge in [-0.25, -0.2) is 4.79 Å². The lowest BCUT2D eigenvalue weighted by atomic mass is 10.0. The number of carbonyl (C=O) groups is 5. The molecule has 4 unspecified atom stereocenters. The number of nitrogens with two attached hydrogens (primary N) is 4. The molecule has 41 heavy (non-hydrogen) atoms. The molecule has 0 spiro atoms. The Morgan fingerprint density at radius 3 is 2.20 bits per heavy atom. The largest absolute Gasteiger partial charge is 0.480 e. The van der Waals surface area contributed by atoms with E-state index in [4.69, 9.17) is 22.9 Å². The second-order valence-electron chi connectivity index (χ2n) is 9.33. The van der Waals surface area contributed by atoms with Crippen molar-refractivity contribution in [3.05, 3.63) is 36.0 Å². The molecular formula is C25H37N9O6S. The van der Waals surface area contributed by atoms with Gasteiger partial charge in [0.15, 0.2) is 5.96 Å². The lowest BCUT2D eigenvalue weighted by Crippen LogP contribution is -2.58. The van der Waals surface area contributed by atoms with Gasteiger partial charge in [0.2, 0.25) is 23.6 Å². The van der Waals surface area contributed by atoms with Gasteiger partial charge in [-0.3, -0.25) is 24.2 Å². The molecule has 0 aliphatic heterocycles. The Morgan fingerprint density at radius 1 is 0.927 bits per heavy atom. The smallest absolute Gasteiger partial charge is 0.327 e. The molecule has 2 rings (SSSR count). The highest BCUT2D eigenvalue weighted by molar-refractivity contribution is 7.80. The third kappa shape index (κ3) is 10.6. The maximum absolute atomic E-state index is 13.5. The van der Waals surface area contributed by atoms with Crippen molar-refractivity contribution in [2.75, 3.05) is 12.3 Å². The van der Waals surface area contributed by atoms with Gasteiger partial charge in [-0.05, 0) is 30.9 Å². The van der Waals surface area contributed by atoms with Gasteiger partial charge in [-0.2, -0.15) is 12.6 Å². The Morgan fingerprint density at radius 2 is 1.56 bits per heavy atom. The normalized spacial score (nSPS) is 13.8. The molecule has 13 N–H and O–H groups in total. The van der Waals surface area contributed by atoms with Crippen molar-refractivity contribution in [2.45, 2.75) is 56.3 Å². The number of guanidine groups is 1. The first-order valence-electron chi connectivity index (χ1n) is 12.8. The molecule has 4 amide bonds. The zero-order valence-corrected chi connectivity index (χ0v) is 23.2. The van der Waals surface area contributed by atoms with E-state index >= 15 is 0 Å². The summed E-state index contributed by atoms with van der Waals surface area (Å²) >= 11 is 3.92. The van der Waals surface area contributed by atoms with Gasteiger partial charge < -0.3 is 49.0 Å². The van der Waals surface area contributed by atoms with Crippen LogP contribution in [0.1, 0.15) is 31.2 Å². The number of fused-ring (bicyclic) bond motifs is 1. The Labute approximate surface area is 241 Å². The molecule has 0 aliphatic rings. The zero-order chi connectivity index (χ0) is 30.5. The molecule has 0 radical (unpaired) electrons. The minimum absolute atomic E-state index is 0.0286. The number of nitrogens with one attached hydrogen (secondary N) is 4. The first-order valence-corrected chi connectivity index (χ1v) is 13.4. The summed E-state index contributed by atoms with van der Waals surface area (Å²) in [5.41, 5.74) is 23.4. The average Bonchev–Trinajstić information content (AvgIpc) is 3.33. The van der Waals surface area contributed by atoms with Crippen LogP contribution >= 0.6 is 12.6 Å². The number of aromatic nitrogens is 1. The van der Waals surface area contributed by atoms with Gasteiger partial charge >= 0.3 is 5.97 Å². The maximum atomic E-state index is 13.5. The van der Waals surface area contributed by atoms with Gasteiger partial charge in [0, 0.05) is 42.2 Å². The Hall–Kier alpha value is -4.31. The number of carboxylic acids is 1. The van der Waals surface area contributed by atoms with Crippen molar-refractivity contribution in [3.63, 3.8) is 0 Å². The van der Waals surface area contributed by atoms with Crippen molar-refractivity contribution < 1.29 is 29.1 Å². The van der Waals surface area contributed by atoms with Gasteiger partial charge in [0.1, 0.15) is 18.1 Å². The van der Waals surface area contributed by atoms with E-state index in [2.05, 4.69) is 38.6 Å². The highest BCUT2D eigenvalue weighted by Crippen LogP contribution is 2.19.